The van der Waals surface area contributed by atoms with Crippen molar-refractivity contribution in [2.24, 2.45) is 0 Å². The zero-order valence-electron chi connectivity index (χ0n) is 9.30. The van der Waals surface area contributed by atoms with Crippen LogP contribution in [0.3, 0.4) is 0 Å². The fourth-order valence-electron chi connectivity index (χ4n) is 1.38. The molecule has 1 heterocycles. The molecule has 92 valence electrons. The molecule has 0 fully saturated rings. The van der Waals surface area contributed by atoms with Crippen molar-refractivity contribution in [3.8, 4) is 0 Å². The summed E-state index contributed by atoms with van der Waals surface area (Å²) in [5.74, 6) is -0.541. The minimum absolute atomic E-state index is 0.0667. The maximum Gasteiger partial charge on any atom is 0.356 e. The molecule has 2 aromatic rings. The van der Waals surface area contributed by atoms with Crippen LogP contribution < -0.4 is 5.32 Å². The third-order valence-corrected chi connectivity index (χ3v) is 2.74. The molecule has 1 aromatic heterocycles. The monoisotopic (exact) mass is 307 g/mol. The topological polar surface area (TPSA) is 75.1 Å². The van der Waals surface area contributed by atoms with Gasteiger partial charge in [0.15, 0.2) is 5.69 Å². The maximum atomic E-state index is 10.6. The maximum absolute atomic E-state index is 10.6. The lowest BCUT2D eigenvalue weighted by atomic mass is 10.2. The molecule has 0 unspecified atom stereocenters. The van der Waals surface area contributed by atoms with Crippen LogP contribution in [0.5, 0.6) is 0 Å². The first kappa shape index (κ1) is 12.5. The molecule has 0 aliphatic carbocycles. The number of carboxylic acid groups (broad SMARTS) is 1. The summed E-state index contributed by atoms with van der Waals surface area (Å²) in [5, 5.41) is 19.1. The van der Waals surface area contributed by atoms with E-state index in [0.29, 0.717) is 12.4 Å². The number of halogens is 1. The molecule has 0 bridgehead atoms. The van der Waals surface area contributed by atoms with Gasteiger partial charge in [-0.25, -0.2) is 4.79 Å². The second kappa shape index (κ2) is 5.59. The molecule has 5 nitrogen and oxygen atoms in total. The Balaban J connectivity index is 2.00. The van der Waals surface area contributed by atoms with Crippen molar-refractivity contribution in [1.82, 2.24) is 10.2 Å². The van der Waals surface area contributed by atoms with Gasteiger partial charge in [0, 0.05) is 11.0 Å². The fourth-order valence-corrected chi connectivity index (χ4v) is 1.83. The SMILES string of the molecule is O=C(O)c1ccc(NCc2cccc(Br)c2)nn1. The van der Waals surface area contributed by atoms with E-state index in [9.17, 15) is 4.79 Å². The molecule has 0 aliphatic heterocycles. The molecule has 18 heavy (non-hydrogen) atoms. The van der Waals surface area contributed by atoms with E-state index in [-0.39, 0.29) is 5.69 Å². The minimum Gasteiger partial charge on any atom is -0.476 e. The van der Waals surface area contributed by atoms with Crippen LogP contribution in [0, 0.1) is 0 Å². The zero-order chi connectivity index (χ0) is 13.0. The van der Waals surface area contributed by atoms with Crippen LogP contribution in [-0.4, -0.2) is 21.3 Å². The molecule has 0 radical (unpaired) electrons. The first-order valence-corrected chi connectivity index (χ1v) is 6.00. The first-order valence-electron chi connectivity index (χ1n) is 5.20. The molecule has 1 aromatic carbocycles. The standard InChI is InChI=1S/C12H10BrN3O2/c13-9-3-1-2-8(6-9)7-14-11-5-4-10(12(17)18)15-16-11/h1-6H,7H2,(H,14,16)(H,17,18). The van der Waals surface area contributed by atoms with Crippen LogP contribution >= 0.6 is 15.9 Å². The average molecular weight is 308 g/mol. The highest BCUT2D eigenvalue weighted by Gasteiger charge is 2.04. The van der Waals surface area contributed by atoms with Gasteiger partial charge in [-0.3, -0.25) is 0 Å². The predicted octanol–water partition coefficient (Wildman–Crippen LogP) is 2.55. The lowest BCUT2D eigenvalue weighted by Gasteiger charge is -2.05. The quantitative estimate of drug-likeness (QED) is 0.908. The highest BCUT2D eigenvalue weighted by molar-refractivity contribution is 9.10. The van der Waals surface area contributed by atoms with Crippen LogP contribution in [-0.2, 0) is 6.54 Å². The van der Waals surface area contributed by atoms with Crippen LogP contribution in [0.25, 0.3) is 0 Å². The summed E-state index contributed by atoms with van der Waals surface area (Å²) in [7, 11) is 0. The van der Waals surface area contributed by atoms with Gasteiger partial charge in [-0.1, -0.05) is 28.1 Å². The van der Waals surface area contributed by atoms with Crippen molar-refractivity contribution in [2.75, 3.05) is 5.32 Å². The second-order valence-corrected chi connectivity index (χ2v) is 4.51. The Kier molecular flexibility index (Phi) is 3.88. The van der Waals surface area contributed by atoms with Gasteiger partial charge in [-0.05, 0) is 29.8 Å². The third-order valence-electron chi connectivity index (χ3n) is 2.25. The number of hydrogen-bond acceptors (Lipinski definition) is 4. The molecule has 2 rings (SSSR count). The van der Waals surface area contributed by atoms with Crippen LogP contribution in [0.1, 0.15) is 16.1 Å². The smallest absolute Gasteiger partial charge is 0.356 e. The normalized spacial score (nSPS) is 10.1. The number of aromatic carboxylic acids is 1. The van der Waals surface area contributed by atoms with Gasteiger partial charge in [0.05, 0.1) is 0 Å². The molecular weight excluding hydrogens is 298 g/mol. The van der Waals surface area contributed by atoms with Crippen LogP contribution in [0.15, 0.2) is 40.9 Å². The van der Waals surface area contributed by atoms with E-state index in [2.05, 4.69) is 31.4 Å². The molecule has 2 N–H and O–H groups in total. The summed E-state index contributed by atoms with van der Waals surface area (Å²) < 4.78 is 1.01. The largest absolute Gasteiger partial charge is 0.476 e. The lowest BCUT2D eigenvalue weighted by Crippen LogP contribution is -2.06. The number of hydrogen-bond donors (Lipinski definition) is 2. The molecule has 0 amide bonds. The Morgan fingerprint density at radius 1 is 1.28 bits per heavy atom. The summed E-state index contributed by atoms with van der Waals surface area (Å²) in [4.78, 5) is 10.6. The highest BCUT2D eigenvalue weighted by Crippen LogP contribution is 2.12. The van der Waals surface area contributed by atoms with Crippen molar-refractivity contribution in [3.05, 3.63) is 52.1 Å². The van der Waals surface area contributed by atoms with Crippen molar-refractivity contribution in [3.63, 3.8) is 0 Å². The van der Waals surface area contributed by atoms with Crippen molar-refractivity contribution in [2.45, 2.75) is 6.54 Å². The number of carbonyl (C=O) groups is 1. The summed E-state index contributed by atoms with van der Waals surface area (Å²) >= 11 is 3.39. The molecule has 0 saturated heterocycles. The van der Waals surface area contributed by atoms with Crippen LogP contribution in [0.4, 0.5) is 5.82 Å². The van der Waals surface area contributed by atoms with Crippen molar-refractivity contribution >= 4 is 27.7 Å². The number of nitrogens with one attached hydrogen (secondary N) is 1. The van der Waals surface area contributed by atoms with Gasteiger partial charge >= 0.3 is 5.97 Å². The number of carboxylic acids is 1. The molecule has 0 spiro atoms. The summed E-state index contributed by atoms with van der Waals surface area (Å²) in [6.45, 7) is 0.598. The number of anilines is 1. The predicted molar refractivity (Wildman–Crippen MR) is 70.5 cm³/mol. The summed E-state index contributed by atoms with van der Waals surface area (Å²) in [6, 6.07) is 10.9. The number of aromatic nitrogens is 2. The highest BCUT2D eigenvalue weighted by atomic mass is 79.9. The zero-order valence-corrected chi connectivity index (χ0v) is 10.9. The van der Waals surface area contributed by atoms with Gasteiger partial charge in [0.1, 0.15) is 5.82 Å². The van der Waals surface area contributed by atoms with Gasteiger partial charge in [0.25, 0.3) is 0 Å². The summed E-state index contributed by atoms with van der Waals surface area (Å²) in [5.41, 5.74) is 1.02. The molecule has 0 saturated carbocycles. The number of nitrogens with zero attached hydrogens (tertiary/aromatic N) is 2. The van der Waals surface area contributed by atoms with Crippen molar-refractivity contribution < 1.29 is 9.90 Å². The third kappa shape index (κ3) is 3.27. The van der Waals surface area contributed by atoms with E-state index >= 15 is 0 Å². The molecule has 0 aliphatic rings. The molecule has 0 atom stereocenters. The Bertz CT molecular complexity index is 558. The van der Waals surface area contributed by atoms with E-state index in [1.807, 2.05) is 24.3 Å². The number of benzene rings is 1. The first-order chi connectivity index (χ1) is 8.65. The Morgan fingerprint density at radius 3 is 2.72 bits per heavy atom. The van der Waals surface area contributed by atoms with Gasteiger partial charge in [0.2, 0.25) is 0 Å². The fraction of sp³-hybridized carbons (Fsp3) is 0.0833. The van der Waals surface area contributed by atoms with E-state index in [4.69, 9.17) is 5.11 Å². The minimum atomic E-state index is -1.08. The van der Waals surface area contributed by atoms with Crippen LogP contribution in [0.2, 0.25) is 0 Å². The average Bonchev–Trinajstić information content (AvgIpc) is 2.37. The van der Waals surface area contributed by atoms with E-state index in [1.54, 1.807) is 6.07 Å². The summed E-state index contributed by atoms with van der Waals surface area (Å²) in [6.07, 6.45) is 0. The molecular formula is C12H10BrN3O2. The second-order valence-electron chi connectivity index (χ2n) is 3.59. The van der Waals surface area contributed by atoms with Gasteiger partial charge in [-0.15, -0.1) is 10.2 Å². The Hall–Kier alpha value is -1.95. The number of rotatable bonds is 4. The van der Waals surface area contributed by atoms with Crippen molar-refractivity contribution in [1.29, 1.82) is 0 Å². The van der Waals surface area contributed by atoms with Gasteiger partial charge < -0.3 is 10.4 Å². The Morgan fingerprint density at radius 2 is 2.11 bits per heavy atom. The van der Waals surface area contributed by atoms with E-state index in [1.165, 1.54) is 6.07 Å². The van der Waals surface area contributed by atoms with E-state index < -0.39 is 5.97 Å². The van der Waals surface area contributed by atoms with E-state index in [0.717, 1.165) is 10.0 Å². The Labute approximate surface area is 112 Å². The molecule has 6 heteroatoms. The van der Waals surface area contributed by atoms with Gasteiger partial charge in [-0.2, -0.15) is 0 Å². The lowest BCUT2D eigenvalue weighted by molar-refractivity contribution is 0.0689.